The lowest BCUT2D eigenvalue weighted by Gasteiger charge is -2.33. The molecule has 1 N–H and O–H groups in total. The van der Waals surface area contributed by atoms with E-state index in [0.717, 1.165) is 34.8 Å². The van der Waals surface area contributed by atoms with Crippen molar-refractivity contribution in [2.24, 2.45) is 5.16 Å². The Bertz CT molecular complexity index is 1230. The molecule has 1 atom stereocenters. The van der Waals surface area contributed by atoms with Crippen molar-refractivity contribution in [2.45, 2.75) is 51.6 Å². The third kappa shape index (κ3) is 7.01. The summed E-state index contributed by atoms with van der Waals surface area (Å²) in [7, 11) is 1.01. The molecule has 38 heavy (non-hydrogen) atoms. The quantitative estimate of drug-likeness (QED) is 0.148. The molecule has 1 unspecified atom stereocenters. The molecular weight excluding hydrogens is 518 g/mol. The Morgan fingerprint density at radius 1 is 1.03 bits per heavy atom. The number of pyridine rings is 1. The molecule has 7 nitrogen and oxygen atoms in total. The normalized spacial score (nSPS) is 12.6. The van der Waals surface area contributed by atoms with Crippen LogP contribution in [0.25, 0.3) is 0 Å². The van der Waals surface area contributed by atoms with Gasteiger partial charge in [0.25, 0.3) is 5.91 Å². The molecule has 2 aromatic carbocycles. The number of nitrogens with one attached hydrogen (secondary N) is 1. The second kappa shape index (κ2) is 14.1. The van der Waals surface area contributed by atoms with Gasteiger partial charge in [-0.15, -0.1) is 0 Å². The summed E-state index contributed by atoms with van der Waals surface area (Å²) in [5.41, 5.74) is 3.44. The maximum atomic E-state index is 12.4. The van der Waals surface area contributed by atoms with Crippen molar-refractivity contribution in [2.75, 3.05) is 14.2 Å². The van der Waals surface area contributed by atoms with Gasteiger partial charge in [0.1, 0.15) is 18.7 Å². The van der Waals surface area contributed by atoms with Crippen LogP contribution in [0.2, 0.25) is 23.2 Å². The van der Waals surface area contributed by atoms with Gasteiger partial charge in [0, 0.05) is 24.4 Å². The van der Waals surface area contributed by atoms with E-state index in [1.807, 2.05) is 42.5 Å². The molecule has 0 bridgehead atoms. The van der Waals surface area contributed by atoms with Crippen LogP contribution >= 0.6 is 11.6 Å². The SMILES string of the molecule is CC[Si](CC)(CC)OC(c1ccccc1)c1cnc(OCc2ccccc2C(=NOC)C(=O)NC)c(Cl)c1. The molecule has 0 saturated heterocycles. The Kier molecular flexibility index (Phi) is 10.9. The lowest BCUT2D eigenvalue weighted by atomic mass is 10.0. The number of aromatic nitrogens is 1. The Labute approximate surface area is 231 Å². The number of hydrogen-bond acceptors (Lipinski definition) is 6. The number of ether oxygens (including phenoxy) is 1. The summed E-state index contributed by atoms with van der Waals surface area (Å²) in [6.45, 7) is 6.79. The molecule has 0 aliphatic carbocycles. The number of rotatable bonds is 13. The molecule has 1 aromatic heterocycles. The molecule has 3 rings (SSSR count). The van der Waals surface area contributed by atoms with Crippen LogP contribution in [-0.4, -0.2) is 39.1 Å². The van der Waals surface area contributed by atoms with E-state index >= 15 is 0 Å². The number of hydrogen-bond donors (Lipinski definition) is 1. The molecule has 0 spiro atoms. The van der Waals surface area contributed by atoms with Gasteiger partial charge < -0.3 is 19.3 Å². The number of benzene rings is 2. The molecule has 3 aromatic rings. The highest BCUT2D eigenvalue weighted by atomic mass is 35.5. The largest absolute Gasteiger partial charge is 0.472 e. The summed E-state index contributed by atoms with van der Waals surface area (Å²) in [4.78, 5) is 21.8. The van der Waals surface area contributed by atoms with Gasteiger partial charge in [-0.05, 0) is 35.3 Å². The highest BCUT2D eigenvalue weighted by molar-refractivity contribution is 6.73. The first-order valence-electron chi connectivity index (χ1n) is 12.8. The van der Waals surface area contributed by atoms with Crippen molar-refractivity contribution in [3.05, 3.63) is 94.1 Å². The summed E-state index contributed by atoms with van der Waals surface area (Å²) >= 11 is 6.69. The van der Waals surface area contributed by atoms with Gasteiger partial charge >= 0.3 is 0 Å². The van der Waals surface area contributed by atoms with E-state index in [1.165, 1.54) is 7.11 Å². The maximum absolute atomic E-state index is 12.4. The fourth-order valence-electron chi connectivity index (χ4n) is 4.34. The van der Waals surface area contributed by atoms with Crippen molar-refractivity contribution in [1.82, 2.24) is 10.3 Å². The Morgan fingerprint density at radius 3 is 2.29 bits per heavy atom. The first-order valence-corrected chi connectivity index (χ1v) is 15.7. The van der Waals surface area contributed by atoms with Crippen molar-refractivity contribution in [3.63, 3.8) is 0 Å². The summed E-state index contributed by atoms with van der Waals surface area (Å²) in [6, 6.07) is 22.5. The molecule has 1 amide bonds. The predicted octanol–water partition coefficient (Wildman–Crippen LogP) is 6.52. The standard InChI is InChI=1S/C29H36ClN3O4Si/c1-6-38(7-2,8-3)37-27(21-14-10-9-11-15-21)23-18-25(30)29(32-19-23)36-20-22-16-12-13-17-24(22)26(33-35-5)28(34)31-4/h9-19,27H,6-8,20H2,1-5H3,(H,31,34). The van der Waals surface area contributed by atoms with Crippen molar-refractivity contribution >= 4 is 31.5 Å². The molecule has 0 fully saturated rings. The molecule has 0 aliphatic rings. The van der Waals surface area contributed by atoms with Gasteiger partial charge in [-0.1, -0.05) is 92.1 Å². The highest BCUT2D eigenvalue weighted by Gasteiger charge is 2.33. The van der Waals surface area contributed by atoms with Crippen LogP contribution < -0.4 is 10.1 Å². The van der Waals surface area contributed by atoms with E-state index in [2.05, 4.69) is 48.4 Å². The summed E-state index contributed by atoms with van der Waals surface area (Å²) in [6.07, 6.45) is 1.51. The number of carbonyl (C=O) groups is 1. The van der Waals surface area contributed by atoms with Crippen molar-refractivity contribution < 1.29 is 18.8 Å². The smallest absolute Gasteiger partial charge is 0.273 e. The van der Waals surface area contributed by atoms with Crippen LogP contribution in [-0.2, 0) is 20.7 Å². The van der Waals surface area contributed by atoms with Gasteiger partial charge in [0.05, 0.1) is 6.10 Å². The average Bonchev–Trinajstić information content (AvgIpc) is 2.96. The number of likely N-dealkylation sites (N-methyl/N-ethyl adjacent to an activating group) is 1. The first-order chi connectivity index (χ1) is 18.4. The zero-order valence-corrected chi connectivity index (χ0v) is 24.4. The second-order valence-corrected chi connectivity index (χ2v) is 14.0. The molecular formula is C29H36ClN3O4Si. The fourth-order valence-corrected chi connectivity index (χ4v) is 7.34. The van der Waals surface area contributed by atoms with Gasteiger partial charge in [0.15, 0.2) is 14.0 Å². The predicted molar refractivity (Wildman–Crippen MR) is 154 cm³/mol. The van der Waals surface area contributed by atoms with Gasteiger partial charge in [-0.2, -0.15) is 0 Å². The number of nitrogens with zero attached hydrogens (tertiary/aromatic N) is 2. The van der Waals surface area contributed by atoms with E-state index in [0.29, 0.717) is 16.5 Å². The minimum absolute atomic E-state index is 0.137. The van der Waals surface area contributed by atoms with Gasteiger partial charge in [-0.25, -0.2) is 4.98 Å². The first kappa shape index (κ1) is 29.4. The van der Waals surface area contributed by atoms with E-state index in [1.54, 1.807) is 19.3 Å². The third-order valence-electron chi connectivity index (χ3n) is 6.80. The Morgan fingerprint density at radius 2 is 1.68 bits per heavy atom. The molecule has 0 aliphatic heterocycles. The Balaban J connectivity index is 1.89. The zero-order valence-electron chi connectivity index (χ0n) is 22.7. The molecule has 202 valence electrons. The number of amides is 1. The topological polar surface area (TPSA) is 82.0 Å². The summed E-state index contributed by atoms with van der Waals surface area (Å²) in [5, 5.41) is 6.88. The van der Waals surface area contributed by atoms with E-state index < -0.39 is 8.32 Å². The van der Waals surface area contributed by atoms with Crippen LogP contribution in [0.3, 0.4) is 0 Å². The lowest BCUT2D eigenvalue weighted by Crippen LogP contribution is -2.37. The van der Waals surface area contributed by atoms with Crippen LogP contribution in [0, 0.1) is 0 Å². The number of oxime groups is 1. The van der Waals surface area contributed by atoms with E-state index in [9.17, 15) is 4.79 Å². The van der Waals surface area contributed by atoms with E-state index in [4.69, 9.17) is 25.6 Å². The Hall–Kier alpha value is -3.20. The van der Waals surface area contributed by atoms with Gasteiger partial charge in [-0.3, -0.25) is 4.79 Å². The van der Waals surface area contributed by atoms with Crippen LogP contribution in [0.5, 0.6) is 5.88 Å². The van der Waals surface area contributed by atoms with Crippen molar-refractivity contribution in [3.8, 4) is 5.88 Å². The fraction of sp³-hybridized carbons (Fsp3) is 0.345. The molecule has 1 heterocycles. The average molecular weight is 554 g/mol. The highest BCUT2D eigenvalue weighted by Crippen LogP contribution is 2.36. The minimum Gasteiger partial charge on any atom is -0.472 e. The minimum atomic E-state index is -1.93. The third-order valence-corrected chi connectivity index (χ3v) is 11.7. The summed E-state index contributed by atoms with van der Waals surface area (Å²) < 4.78 is 12.9. The van der Waals surface area contributed by atoms with Crippen LogP contribution in [0.1, 0.15) is 49.1 Å². The maximum Gasteiger partial charge on any atom is 0.273 e. The molecule has 0 radical (unpaired) electrons. The monoisotopic (exact) mass is 553 g/mol. The molecule has 0 saturated carbocycles. The zero-order chi connectivity index (χ0) is 27.5. The number of carbonyl (C=O) groups excluding carboxylic acids is 1. The molecule has 9 heteroatoms. The van der Waals surface area contributed by atoms with Crippen LogP contribution in [0.4, 0.5) is 0 Å². The van der Waals surface area contributed by atoms with Gasteiger partial charge in [0.2, 0.25) is 5.88 Å². The van der Waals surface area contributed by atoms with Crippen molar-refractivity contribution in [1.29, 1.82) is 0 Å². The summed E-state index contributed by atoms with van der Waals surface area (Å²) in [5.74, 6) is -0.0650. The lowest BCUT2D eigenvalue weighted by molar-refractivity contribution is -0.114. The number of halogens is 1. The second-order valence-electron chi connectivity index (χ2n) is 8.86. The van der Waals surface area contributed by atoms with Crippen LogP contribution in [0.15, 0.2) is 72.0 Å². The van der Waals surface area contributed by atoms with E-state index in [-0.39, 0.29) is 24.3 Å².